The number of nitrogens with one attached hydrogen (secondary N) is 2. The molecule has 42 heavy (non-hydrogen) atoms. The van der Waals surface area contributed by atoms with E-state index in [4.69, 9.17) is 9.47 Å². The number of aliphatic hydroxyl groups excluding tert-OH is 1. The van der Waals surface area contributed by atoms with E-state index in [2.05, 4.69) is 23.8 Å². The van der Waals surface area contributed by atoms with Crippen molar-refractivity contribution in [3.63, 3.8) is 0 Å². The molecule has 0 spiro atoms. The number of aliphatic hydroxyl groups is 1. The topological polar surface area (TPSA) is 100 Å². The predicted octanol–water partition coefficient (Wildman–Crippen LogP) is 3.91. The van der Waals surface area contributed by atoms with Gasteiger partial charge in [0.2, 0.25) is 11.8 Å². The molecule has 0 aromatic heterocycles. The number of fused-ring (bicyclic) bond motifs is 1. The standard InChI is InChI=1S/C32H39F2N3O5/c1-4-7-28(37-11-6-8-31(37)39)32(40)36-27(15-20-13-21(33)16-22(34)14-20)29(38)19-35-26-18-30(42-12-5-2)24-10-9-23(41-3)17-25(24)26/h4-5,9-10,13-14,16-17,26-30,35,38H,1-2,6-8,11-12,15,18-19H2,3H3,(H,36,40)/t26-,27-,28+,29-,30+/m0/s1. The second-order valence-electron chi connectivity index (χ2n) is 10.7. The SMILES string of the molecule is C=CCO[C@@H]1C[C@H](NC[C@H](O)[C@H](Cc2cc(F)cc(F)c2)NC(=O)[C@@H](CC=C)N2CCCC2=O)c2cc(OC)ccc21. The number of ether oxygens (including phenoxy) is 2. The van der Waals surface area contributed by atoms with Gasteiger partial charge in [-0.1, -0.05) is 18.2 Å². The zero-order valence-electron chi connectivity index (χ0n) is 23.9. The van der Waals surface area contributed by atoms with Gasteiger partial charge in [0, 0.05) is 31.6 Å². The highest BCUT2D eigenvalue weighted by Gasteiger charge is 2.35. The Kier molecular flexibility index (Phi) is 10.8. The van der Waals surface area contributed by atoms with E-state index < -0.39 is 35.7 Å². The Morgan fingerprint density at radius 3 is 2.57 bits per heavy atom. The van der Waals surface area contributed by atoms with Crippen molar-refractivity contribution in [3.8, 4) is 5.75 Å². The Morgan fingerprint density at radius 2 is 1.93 bits per heavy atom. The summed E-state index contributed by atoms with van der Waals surface area (Å²) in [6.07, 6.45) is 3.77. The molecule has 0 saturated carbocycles. The molecule has 0 radical (unpaired) electrons. The minimum atomic E-state index is -1.14. The maximum Gasteiger partial charge on any atom is 0.243 e. The molecule has 2 aliphatic rings. The minimum Gasteiger partial charge on any atom is -0.497 e. The molecule has 2 aromatic carbocycles. The summed E-state index contributed by atoms with van der Waals surface area (Å²) in [5, 5.41) is 17.6. The first-order valence-electron chi connectivity index (χ1n) is 14.2. The van der Waals surface area contributed by atoms with Crippen LogP contribution >= 0.6 is 0 Å². The van der Waals surface area contributed by atoms with E-state index in [1.54, 1.807) is 19.3 Å². The van der Waals surface area contributed by atoms with Crippen LogP contribution in [0.2, 0.25) is 0 Å². The Labute approximate surface area is 245 Å². The van der Waals surface area contributed by atoms with Gasteiger partial charge >= 0.3 is 0 Å². The molecule has 3 N–H and O–H groups in total. The number of hydrogen-bond acceptors (Lipinski definition) is 6. The maximum absolute atomic E-state index is 14.0. The van der Waals surface area contributed by atoms with E-state index >= 15 is 0 Å². The molecule has 10 heteroatoms. The van der Waals surface area contributed by atoms with Gasteiger partial charge in [-0.05, 0) is 66.6 Å². The Bertz CT molecular complexity index is 1270. The summed E-state index contributed by atoms with van der Waals surface area (Å²) in [7, 11) is 1.59. The van der Waals surface area contributed by atoms with E-state index in [1.165, 1.54) is 17.0 Å². The molecular formula is C32H39F2N3O5. The van der Waals surface area contributed by atoms with Crippen molar-refractivity contribution in [1.82, 2.24) is 15.5 Å². The summed E-state index contributed by atoms with van der Waals surface area (Å²) in [5.41, 5.74) is 2.26. The molecule has 8 nitrogen and oxygen atoms in total. The van der Waals surface area contributed by atoms with Gasteiger partial charge in [-0.2, -0.15) is 0 Å². The van der Waals surface area contributed by atoms with Crippen LogP contribution in [-0.4, -0.2) is 66.8 Å². The number of benzene rings is 2. The number of carbonyl (C=O) groups is 2. The average Bonchev–Trinajstić information content (AvgIpc) is 3.54. The molecule has 1 aliphatic heterocycles. The van der Waals surface area contributed by atoms with Crippen molar-refractivity contribution in [1.29, 1.82) is 0 Å². The molecule has 1 heterocycles. The van der Waals surface area contributed by atoms with E-state index in [0.29, 0.717) is 38.2 Å². The molecule has 5 atom stereocenters. The molecule has 1 aliphatic carbocycles. The highest BCUT2D eigenvalue weighted by molar-refractivity contribution is 5.89. The predicted molar refractivity (Wildman–Crippen MR) is 155 cm³/mol. The van der Waals surface area contributed by atoms with Gasteiger partial charge in [0.05, 0.1) is 32.0 Å². The van der Waals surface area contributed by atoms with Gasteiger partial charge in [0.15, 0.2) is 0 Å². The Hall–Kier alpha value is -3.60. The number of amides is 2. The largest absolute Gasteiger partial charge is 0.497 e. The number of methoxy groups -OCH3 is 1. The maximum atomic E-state index is 14.0. The van der Waals surface area contributed by atoms with Crippen LogP contribution in [0.5, 0.6) is 5.75 Å². The van der Waals surface area contributed by atoms with Crippen molar-refractivity contribution >= 4 is 11.8 Å². The van der Waals surface area contributed by atoms with Crippen LogP contribution in [0.3, 0.4) is 0 Å². The molecule has 0 bridgehead atoms. The molecule has 2 amide bonds. The van der Waals surface area contributed by atoms with Crippen molar-refractivity contribution in [2.24, 2.45) is 0 Å². The van der Waals surface area contributed by atoms with Gasteiger partial charge in [-0.15, -0.1) is 13.2 Å². The second kappa shape index (κ2) is 14.5. The molecule has 0 unspecified atom stereocenters. The Balaban J connectivity index is 1.53. The lowest BCUT2D eigenvalue weighted by molar-refractivity contribution is -0.138. The van der Waals surface area contributed by atoms with Crippen LogP contribution in [0.25, 0.3) is 0 Å². The quantitative estimate of drug-likeness (QED) is 0.275. The lowest BCUT2D eigenvalue weighted by Crippen LogP contribution is -2.55. The lowest BCUT2D eigenvalue weighted by atomic mass is 9.99. The lowest BCUT2D eigenvalue weighted by Gasteiger charge is -2.31. The summed E-state index contributed by atoms with van der Waals surface area (Å²) >= 11 is 0. The summed E-state index contributed by atoms with van der Waals surface area (Å²) < 4.78 is 39.4. The van der Waals surface area contributed by atoms with Gasteiger partial charge < -0.3 is 30.1 Å². The van der Waals surface area contributed by atoms with Gasteiger partial charge in [0.1, 0.15) is 23.4 Å². The van der Waals surface area contributed by atoms with Crippen LogP contribution in [0.4, 0.5) is 8.78 Å². The molecule has 4 rings (SSSR count). The van der Waals surface area contributed by atoms with Crippen molar-refractivity contribution in [2.75, 3.05) is 26.8 Å². The molecule has 226 valence electrons. The number of halogens is 2. The third-order valence-electron chi connectivity index (χ3n) is 7.80. The minimum absolute atomic E-state index is 0.0296. The van der Waals surface area contributed by atoms with Gasteiger partial charge in [-0.3, -0.25) is 9.59 Å². The van der Waals surface area contributed by atoms with Crippen LogP contribution in [0, 0.1) is 11.6 Å². The summed E-state index contributed by atoms with van der Waals surface area (Å²) in [4.78, 5) is 27.4. The van der Waals surface area contributed by atoms with Crippen molar-refractivity contribution in [3.05, 3.63) is 90.0 Å². The summed E-state index contributed by atoms with van der Waals surface area (Å²) in [6.45, 7) is 8.35. The van der Waals surface area contributed by atoms with E-state index in [0.717, 1.165) is 17.2 Å². The highest BCUT2D eigenvalue weighted by Crippen LogP contribution is 2.42. The average molecular weight is 584 g/mol. The fourth-order valence-electron chi connectivity index (χ4n) is 5.76. The van der Waals surface area contributed by atoms with Crippen molar-refractivity contribution < 1.29 is 33.0 Å². The molecule has 2 aromatic rings. The van der Waals surface area contributed by atoms with Gasteiger partial charge in [0.25, 0.3) is 0 Å². The molecular weight excluding hydrogens is 544 g/mol. The van der Waals surface area contributed by atoms with Crippen LogP contribution < -0.4 is 15.4 Å². The summed E-state index contributed by atoms with van der Waals surface area (Å²) in [5.74, 6) is -1.39. The number of nitrogens with zero attached hydrogens (tertiary/aromatic N) is 1. The van der Waals surface area contributed by atoms with Crippen molar-refractivity contribution in [2.45, 2.75) is 62.4 Å². The zero-order chi connectivity index (χ0) is 30.2. The van der Waals surface area contributed by atoms with E-state index in [-0.39, 0.29) is 43.0 Å². The van der Waals surface area contributed by atoms with Crippen LogP contribution in [0.1, 0.15) is 54.5 Å². The second-order valence-corrected chi connectivity index (χ2v) is 10.7. The third kappa shape index (κ3) is 7.61. The number of likely N-dealkylation sites (tertiary alicyclic amines) is 1. The number of hydrogen-bond donors (Lipinski definition) is 3. The zero-order valence-corrected chi connectivity index (χ0v) is 23.9. The first-order chi connectivity index (χ1) is 20.2. The normalized spacial score (nSPS) is 20.1. The van der Waals surface area contributed by atoms with E-state index in [1.807, 2.05) is 18.2 Å². The molecule has 1 saturated heterocycles. The fourth-order valence-corrected chi connectivity index (χ4v) is 5.76. The molecule has 1 fully saturated rings. The highest BCUT2D eigenvalue weighted by atomic mass is 19.1. The van der Waals surface area contributed by atoms with Crippen LogP contribution in [0.15, 0.2) is 61.7 Å². The number of carbonyl (C=O) groups excluding carboxylic acids is 2. The monoisotopic (exact) mass is 583 g/mol. The van der Waals surface area contributed by atoms with Gasteiger partial charge in [-0.25, -0.2) is 8.78 Å². The van der Waals surface area contributed by atoms with E-state index in [9.17, 15) is 23.5 Å². The Morgan fingerprint density at radius 1 is 1.17 bits per heavy atom. The first-order valence-corrected chi connectivity index (χ1v) is 14.2. The first kappa shape index (κ1) is 31.3. The number of rotatable bonds is 15. The summed E-state index contributed by atoms with van der Waals surface area (Å²) in [6, 6.07) is 7.00. The third-order valence-corrected chi connectivity index (χ3v) is 7.80. The fraction of sp³-hybridized carbons (Fsp3) is 0.438. The van der Waals surface area contributed by atoms with Crippen LogP contribution in [-0.2, 0) is 20.7 Å². The smallest absolute Gasteiger partial charge is 0.243 e.